The molecule has 0 aliphatic rings. The summed E-state index contributed by atoms with van der Waals surface area (Å²) in [7, 11) is 0. The van der Waals surface area contributed by atoms with Crippen molar-refractivity contribution in [1.29, 1.82) is 0 Å². The average molecular weight is 415 g/mol. The summed E-state index contributed by atoms with van der Waals surface area (Å²) in [5.74, 6) is -3.25. The van der Waals surface area contributed by atoms with Crippen LogP contribution in [-0.4, -0.2) is 39.3 Å². The van der Waals surface area contributed by atoms with E-state index in [0.717, 1.165) is 44.9 Å². The van der Waals surface area contributed by atoms with Crippen LogP contribution in [0.3, 0.4) is 0 Å². The molecule has 0 aromatic carbocycles. The molecule has 3 atom stereocenters. The van der Waals surface area contributed by atoms with E-state index in [1.807, 2.05) is 0 Å². The summed E-state index contributed by atoms with van der Waals surface area (Å²) in [4.78, 5) is 23.8. The minimum Gasteiger partial charge on any atom is -0.481 e. The van der Waals surface area contributed by atoms with Gasteiger partial charge in [-0.25, -0.2) is 0 Å². The number of hydrogen-bond donors (Lipinski definition) is 3. The molecule has 172 valence electrons. The van der Waals surface area contributed by atoms with Crippen LogP contribution in [0.4, 0.5) is 0 Å². The maximum absolute atomic E-state index is 12.3. The van der Waals surface area contributed by atoms with E-state index >= 15 is 0 Å². The van der Waals surface area contributed by atoms with Gasteiger partial charge >= 0.3 is 5.97 Å². The van der Waals surface area contributed by atoms with Gasteiger partial charge in [-0.05, 0) is 12.8 Å². The Morgan fingerprint density at radius 1 is 0.655 bits per heavy atom. The van der Waals surface area contributed by atoms with Gasteiger partial charge in [-0.2, -0.15) is 0 Å². The van der Waals surface area contributed by atoms with Crippen LogP contribution in [0.2, 0.25) is 0 Å². The first-order valence-electron chi connectivity index (χ1n) is 12.1. The summed E-state index contributed by atoms with van der Waals surface area (Å²) in [5, 5.41) is 29.7. The summed E-state index contributed by atoms with van der Waals surface area (Å²) in [6.07, 6.45) is 14.2. The Balaban J connectivity index is 4.09. The molecule has 5 nitrogen and oxygen atoms in total. The molecular weight excluding hydrogens is 368 g/mol. The molecule has 0 rings (SSSR count). The third-order valence-corrected chi connectivity index (χ3v) is 5.68. The highest BCUT2D eigenvalue weighted by atomic mass is 16.4. The van der Waals surface area contributed by atoms with Crippen molar-refractivity contribution >= 4 is 11.8 Å². The van der Waals surface area contributed by atoms with Crippen molar-refractivity contribution in [3.8, 4) is 0 Å². The second-order valence-electron chi connectivity index (χ2n) is 8.53. The summed E-state index contributed by atoms with van der Waals surface area (Å²) in [6.45, 7) is 4.36. The van der Waals surface area contributed by atoms with Crippen LogP contribution in [0.1, 0.15) is 123 Å². The van der Waals surface area contributed by atoms with Gasteiger partial charge in [-0.1, -0.05) is 104 Å². The third kappa shape index (κ3) is 15.5. The first kappa shape index (κ1) is 28.1. The molecule has 0 aliphatic carbocycles. The summed E-state index contributed by atoms with van der Waals surface area (Å²) >= 11 is 0. The third-order valence-electron chi connectivity index (χ3n) is 5.68. The van der Waals surface area contributed by atoms with Gasteiger partial charge in [-0.15, -0.1) is 0 Å². The van der Waals surface area contributed by atoms with Crippen molar-refractivity contribution in [1.82, 2.24) is 0 Å². The highest BCUT2D eigenvalue weighted by Gasteiger charge is 2.33. The van der Waals surface area contributed by atoms with E-state index in [1.54, 1.807) is 0 Å². The molecule has 0 spiro atoms. The number of carboxylic acids is 1. The van der Waals surface area contributed by atoms with Crippen molar-refractivity contribution < 1.29 is 24.9 Å². The second kappa shape index (κ2) is 19.0. The number of carboxylic acid groups (broad SMARTS) is 1. The molecule has 29 heavy (non-hydrogen) atoms. The lowest BCUT2D eigenvalue weighted by atomic mass is 9.89. The van der Waals surface area contributed by atoms with E-state index in [-0.39, 0.29) is 6.42 Å². The average Bonchev–Trinajstić information content (AvgIpc) is 2.66. The number of unbranched alkanes of at least 4 members (excludes halogenated alkanes) is 12. The molecule has 0 radical (unpaired) electrons. The van der Waals surface area contributed by atoms with Crippen LogP contribution in [0, 0.1) is 5.92 Å². The van der Waals surface area contributed by atoms with Crippen LogP contribution in [-0.2, 0) is 9.59 Å². The smallest absolute Gasteiger partial charge is 0.316 e. The minimum absolute atomic E-state index is 0.180. The van der Waals surface area contributed by atoms with Gasteiger partial charge in [0.05, 0.1) is 12.2 Å². The maximum Gasteiger partial charge on any atom is 0.316 e. The highest BCUT2D eigenvalue weighted by molar-refractivity contribution is 5.99. The lowest BCUT2D eigenvalue weighted by Crippen LogP contribution is -2.36. The maximum atomic E-state index is 12.3. The number of carbonyl (C=O) groups is 2. The number of rotatable bonds is 21. The van der Waals surface area contributed by atoms with E-state index in [9.17, 15) is 24.9 Å². The Kier molecular flexibility index (Phi) is 18.4. The molecule has 0 heterocycles. The molecule has 0 saturated heterocycles. The minimum atomic E-state index is -1.42. The van der Waals surface area contributed by atoms with E-state index < -0.39 is 29.9 Å². The number of aliphatic hydroxyl groups is 2. The van der Waals surface area contributed by atoms with Crippen molar-refractivity contribution in [3.05, 3.63) is 0 Å². The lowest BCUT2D eigenvalue weighted by molar-refractivity contribution is -0.151. The number of carbonyl (C=O) groups excluding carboxylic acids is 1. The Labute approximate surface area is 178 Å². The fraction of sp³-hybridized carbons (Fsp3) is 0.917. The largest absolute Gasteiger partial charge is 0.481 e. The summed E-state index contributed by atoms with van der Waals surface area (Å²) in [6, 6.07) is 0. The second-order valence-corrected chi connectivity index (χ2v) is 8.53. The number of aliphatic hydroxyl groups excluding tert-OH is 2. The zero-order valence-corrected chi connectivity index (χ0v) is 18.9. The highest BCUT2D eigenvalue weighted by Crippen LogP contribution is 2.19. The Morgan fingerprint density at radius 2 is 1.07 bits per heavy atom. The van der Waals surface area contributed by atoms with E-state index in [0.29, 0.717) is 12.8 Å². The molecule has 0 aromatic heterocycles. The topological polar surface area (TPSA) is 94.8 Å². The Hall–Kier alpha value is -0.940. The molecular formula is C24H46O5. The van der Waals surface area contributed by atoms with Crippen LogP contribution in [0.5, 0.6) is 0 Å². The number of ketones is 1. The molecule has 5 heteroatoms. The van der Waals surface area contributed by atoms with Gasteiger partial charge in [-0.3, -0.25) is 9.59 Å². The van der Waals surface area contributed by atoms with Crippen LogP contribution in [0.25, 0.3) is 0 Å². The summed E-state index contributed by atoms with van der Waals surface area (Å²) in [5.41, 5.74) is 0. The fourth-order valence-electron chi connectivity index (χ4n) is 3.79. The molecule has 0 aliphatic heterocycles. The molecule has 0 amide bonds. The predicted molar refractivity (Wildman–Crippen MR) is 118 cm³/mol. The van der Waals surface area contributed by atoms with Crippen LogP contribution in [0.15, 0.2) is 0 Å². The van der Waals surface area contributed by atoms with E-state index in [4.69, 9.17) is 0 Å². The Morgan fingerprint density at radius 3 is 1.52 bits per heavy atom. The van der Waals surface area contributed by atoms with Gasteiger partial charge < -0.3 is 15.3 Å². The predicted octanol–water partition coefficient (Wildman–Crippen LogP) is 5.65. The number of aliphatic carboxylic acids is 1. The van der Waals surface area contributed by atoms with Gasteiger partial charge in [0.2, 0.25) is 0 Å². The molecule has 3 N–H and O–H groups in total. The number of hydrogen-bond acceptors (Lipinski definition) is 4. The Bertz CT molecular complexity index is 410. The van der Waals surface area contributed by atoms with E-state index in [1.165, 1.54) is 44.9 Å². The molecule has 0 aromatic rings. The van der Waals surface area contributed by atoms with Crippen LogP contribution >= 0.6 is 0 Å². The van der Waals surface area contributed by atoms with Gasteiger partial charge in [0.15, 0.2) is 5.78 Å². The molecule has 3 unspecified atom stereocenters. The summed E-state index contributed by atoms with van der Waals surface area (Å²) < 4.78 is 0. The molecule has 0 fully saturated rings. The SMILES string of the molecule is CCCCCCCCCC(O)CC(=O)C(C(=O)O)C(O)CCCCCCCCC. The zero-order valence-electron chi connectivity index (χ0n) is 18.9. The monoisotopic (exact) mass is 414 g/mol. The van der Waals surface area contributed by atoms with Gasteiger partial charge in [0, 0.05) is 6.42 Å². The van der Waals surface area contributed by atoms with Crippen LogP contribution < -0.4 is 0 Å². The fourth-order valence-corrected chi connectivity index (χ4v) is 3.79. The normalized spacial score (nSPS) is 14.5. The number of Topliss-reactive ketones (excluding diaryl/α,β-unsaturated/α-hetero) is 1. The van der Waals surface area contributed by atoms with E-state index in [2.05, 4.69) is 13.8 Å². The first-order chi connectivity index (χ1) is 13.9. The van der Waals surface area contributed by atoms with Crippen molar-refractivity contribution in [2.45, 2.75) is 135 Å². The van der Waals surface area contributed by atoms with Crippen molar-refractivity contribution in [2.24, 2.45) is 5.92 Å². The molecule has 0 bridgehead atoms. The standard InChI is InChI=1S/C24H46O5/c1-3-5-7-9-11-13-15-17-20(25)19-22(27)23(24(28)29)21(26)18-16-14-12-10-8-6-4-2/h20-21,23,25-26H,3-19H2,1-2H3,(H,28,29). The first-order valence-corrected chi connectivity index (χ1v) is 12.1. The quantitative estimate of drug-likeness (QED) is 0.167. The molecule has 0 saturated carbocycles. The van der Waals surface area contributed by atoms with Crippen molar-refractivity contribution in [2.75, 3.05) is 0 Å². The van der Waals surface area contributed by atoms with Crippen molar-refractivity contribution in [3.63, 3.8) is 0 Å². The van der Waals surface area contributed by atoms with Gasteiger partial charge in [0.1, 0.15) is 5.92 Å². The lowest BCUT2D eigenvalue weighted by Gasteiger charge is -2.19. The van der Waals surface area contributed by atoms with Gasteiger partial charge in [0.25, 0.3) is 0 Å². The zero-order chi connectivity index (χ0) is 21.9.